The largest absolute Gasteiger partial charge is 0.384 e. The standard InChI is InChI=1S/C15H20N2O4S/c1-10-6-12-8-13(9-16-22(19,20)5-4-21-3)15(18)17-14(12)7-11(10)2/h6-8,16H,4-5,9H2,1-3H3,(H,17,18). The van der Waals surface area contributed by atoms with E-state index in [1.165, 1.54) is 7.11 Å². The minimum Gasteiger partial charge on any atom is -0.384 e. The van der Waals surface area contributed by atoms with Crippen LogP contribution in [0.5, 0.6) is 0 Å². The number of aromatic amines is 1. The Morgan fingerprint density at radius 1 is 1.18 bits per heavy atom. The topological polar surface area (TPSA) is 88.3 Å². The van der Waals surface area contributed by atoms with Gasteiger partial charge >= 0.3 is 0 Å². The molecular weight excluding hydrogens is 304 g/mol. The van der Waals surface area contributed by atoms with Crippen LogP contribution in [0.25, 0.3) is 10.9 Å². The van der Waals surface area contributed by atoms with Crippen LogP contribution >= 0.6 is 0 Å². The smallest absolute Gasteiger partial charge is 0.252 e. The fourth-order valence-corrected chi connectivity index (χ4v) is 3.01. The number of rotatable bonds is 6. The summed E-state index contributed by atoms with van der Waals surface area (Å²) in [5.74, 6) is -0.132. The second-order valence-electron chi connectivity index (χ2n) is 5.28. The van der Waals surface area contributed by atoms with Crippen molar-refractivity contribution in [3.05, 3.63) is 45.2 Å². The molecule has 0 aliphatic rings. The molecule has 0 amide bonds. The Morgan fingerprint density at radius 2 is 1.86 bits per heavy atom. The van der Waals surface area contributed by atoms with Crippen molar-refractivity contribution >= 4 is 20.9 Å². The molecule has 0 bridgehead atoms. The van der Waals surface area contributed by atoms with Gasteiger partial charge in [0.1, 0.15) is 0 Å². The summed E-state index contributed by atoms with van der Waals surface area (Å²) >= 11 is 0. The number of ether oxygens (including phenoxy) is 1. The van der Waals surface area contributed by atoms with Gasteiger partial charge < -0.3 is 9.72 Å². The molecule has 7 heteroatoms. The molecule has 0 saturated carbocycles. The lowest BCUT2D eigenvalue weighted by molar-refractivity contribution is 0.217. The summed E-state index contributed by atoms with van der Waals surface area (Å²) in [6.07, 6.45) is 0. The lowest BCUT2D eigenvalue weighted by Crippen LogP contribution is -2.30. The van der Waals surface area contributed by atoms with Crippen LogP contribution in [0.1, 0.15) is 16.7 Å². The molecule has 0 aliphatic carbocycles. The van der Waals surface area contributed by atoms with Gasteiger partial charge in [-0.2, -0.15) is 0 Å². The highest BCUT2D eigenvalue weighted by molar-refractivity contribution is 7.89. The normalized spacial score (nSPS) is 12.0. The van der Waals surface area contributed by atoms with Crippen molar-refractivity contribution in [3.8, 4) is 0 Å². The number of sulfonamides is 1. The van der Waals surface area contributed by atoms with Crippen molar-refractivity contribution in [1.29, 1.82) is 0 Å². The van der Waals surface area contributed by atoms with Crippen LogP contribution in [0.15, 0.2) is 23.0 Å². The molecule has 0 saturated heterocycles. The second kappa shape index (κ2) is 6.60. The molecule has 1 heterocycles. The van der Waals surface area contributed by atoms with Gasteiger partial charge in [0.25, 0.3) is 5.56 Å². The Labute approximate surface area is 129 Å². The SMILES string of the molecule is COCCS(=O)(=O)NCc1cc2cc(C)c(C)cc2[nH]c1=O. The molecule has 2 aromatic rings. The summed E-state index contributed by atoms with van der Waals surface area (Å²) in [4.78, 5) is 14.8. The molecule has 0 radical (unpaired) electrons. The first-order valence-electron chi connectivity index (χ1n) is 6.92. The van der Waals surface area contributed by atoms with Gasteiger partial charge in [0, 0.05) is 24.7 Å². The van der Waals surface area contributed by atoms with E-state index in [9.17, 15) is 13.2 Å². The number of aryl methyl sites for hydroxylation is 2. The van der Waals surface area contributed by atoms with Crippen LogP contribution in [0, 0.1) is 13.8 Å². The van der Waals surface area contributed by atoms with Crippen LogP contribution in [-0.4, -0.2) is 32.9 Å². The third-order valence-electron chi connectivity index (χ3n) is 3.57. The van der Waals surface area contributed by atoms with Crippen LogP contribution in [-0.2, 0) is 21.3 Å². The van der Waals surface area contributed by atoms with Crippen LogP contribution in [0.4, 0.5) is 0 Å². The molecule has 120 valence electrons. The first kappa shape index (κ1) is 16.7. The monoisotopic (exact) mass is 324 g/mol. The highest BCUT2D eigenvalue weighted by atomic mass is 32.2. The lowest BCUT2D eigenvalue weighted by atomic mass is 10.1. The minimum atomic E-state index is -3.45. The Bertz CT molecular complexity index is 840. The van der Waals surface area contributed by atoms with Gasteiger partial charge in [0.15, 0.2) is 0 Å². The van der Waals surface area contributed by atoms with Gasteiger partial charge in [-0.05, 0) is 48.6 Å². The van der Waals surface area contributed by atoms with E-state index in [-0.39, 0.29) is 24.5 Å². The number of pyridine rings is 1. The number of hydrogen-bond acceptors (Lipinski definition) is 4. The molecule has 22 heavy (non-hydrogen) atoms. The van der Waals surface area contributed by atoms with Crippen LogP contribution < -0.4 is 10.3 Å². The van der Waals surface area contributed by atoms with Crippen molar-refractivity contribution in [2.24, 2.45) is 0 Å². The quantitative estimate of drug-likeness (QED) is 0.836. The Balaban J connectivity index is 2.27. The van der Waals surface area contributed by atoms with Crippen LogP contribution in [0.2, 0.25) is 0 Å². The fourth-order valence-electron chi connectivity index (χ4n) is 2.11. The first-order chi connectivity index (χ1) is 10.3. The summed E-state index contributed by atoms with van der Waals surface area (Å²) in [6.45, 7) is 4.05. The zero-order valence-electron chi connectivity index (χ0n) is 12.9. The van der Waals surface area contributed by atoms with Crippen molar-refractivity contribution in [2.75, 3.05) is 19.5 Å². The second-order valence-corrected chi connectivity index (χ2v) is 7.21. The molecule has 0 spiro atoms. The number of hydrogen-bond donors (Lipinski definition) is 2. The summed E-state index contributed by atoms with van der Waals surface area (Å²) in [5.41, 5.74) is 3.06. The maximum absolute atomic E-state index is 12.0. The molecule has 0 aliphatic heterocycles. The van der Waals surface area contributed by atoms with Gasteiger partial charge in [-0.15, -0.1) is 0 Å². The highest BCUT2D eigenvalue weighted by Crippen LogP contribution is 2.17. The number of aromatic nitrogens is 1. The molecule has 1 aromatic carbocycles. The average Bonchev–Trinajstić information content (AvgIpc) is 2.45. The first-order valence-corrected chi connectivity index (χ1v) is 8.57. The average molecular weight is 324 g/mol. The lowest BCUT2D eigenvalue weighted by Gasteiger charge is -2.08. The summed E-state index contributed by atoms with van der Waals surface area (Å²) in [7, 11) is -2.02. The summed E-state index contributed by atoms with van der Waals surface area (Å²) in [6, 6.07) is 5.61. The molecule has 2 rings (SSSR count). The van der Waals surface area contributed by atoms with E-state index in [4.69, 9.17) is 4.74 Å². The van der Waals surface area contributed by atoms with E-state index in [0.717, 1.165) is 22.0 Å². The molecule has 0 atom stereocenters. The number of benzene rings is 1. The third-order valence-corrected chi connectivity index (χ3v) is 4.86. The zero-order valence-corrected chi connectivity index (χ0v) is 13.7. The minimum absolute atomic E-state index is 0.0375. The Kier molecular flexibility index (Phi) is 5.00. The van der Waals surface area contributed by atoms with Gasteiger partial charge in [0.05, 0.1) is 12.4 Å². The number of H-pyrrole nitrogens is 1. The van der Waals surface area contributed by atoms with E-state index in [1.807, 2.05) is 26.0 Å². The highest BCUT2D eigenvalue weighted by Gasteiger charge is 2.11. The summed E-state index contributed by atoms with van der Waals surface area (Å²) in [5, 5.41) is 0.883. The van der Waals surface area contributed by atoms with Crippen molar-refractivity contribution < 1.29 is 13.2 Å². The molecule has 6 nitrogen and oxygen atoms in total. The Morgan fingerprint density at radius 3 is 2.55 bits per heavy atom. The van der Waals surface area contributed by atoms with Gasteiger partial charge in [0.2, 0.25) is 10.0 Å². The molecule has 0 unspecified atom stereocenters. The third kappa shape index (κ3) is 3.94. The molecular formula is C15H20N2O4S. The zero-order chi connectivity index (χ0) is 16.3. The van der Waals surface area contributed by atoms with Crippen molar-refractivity contribution in [1.82, 2.24) is 9.71 Å². The van der Waals surface area contributed by atoms with Gasteiger partial charge in [-0.1, -0.05) is 0 Å². The van der Waals surface area contributed by atoms with E-state index >= 15 is 0 Å². The predicted molar refractivity (Wildman–Crippen MR) is 86.5 cm³/mol. The van der Waals surface area contributed by atoms with Gasteiger partial charge in [-0.25, -0.2) is 13.1 Å². The van der Waals surface area contributed by atoms with E-state index in [0.29, 0.717) is 5.56 Å². The fraction of sp³-hybridized carbons (Fsp3) is 0.400. The van der Waals surface area contributed by atoms with E-state index in [1.54, 1.807) is 6.07 Å². The number of methoxy groups -OCH3 is 1. The maximum atomic E-state index is 12.0. The molecule has 1 aromatic heterocycles. The number of nitrogens with one attached hydrogen (secondary N) is 2. The molecule has 2 N–H and O–H groups in total. The summed E-state index contributed by atoms with van der Waals surface area (Å²) < 4.78 is 30.6. The van der Waals surface area contributed by atoms with E-state index < -0.39 is 10.0 Å². The molecule has 0 fully saturated rings. The number of fused-ring (bicyclic) bond motifs is 1. The Hall–Kier alpha value is -1.70. The predicted octanol–water partition coefficient (Wildman–Crippen LogP) is 1.21. The van der Waals surface area contributed by atoms with Crippen molar-refractivity contribution in [3.63, 3.8) is 0 Å². The van der Waals surface area contributed by atoms with Crippen LogP contribution in [0.3, 0.4) is 0 Å². The maximum Gasteiger partial charge on any atom is 0.252 e. The van der Waals surface area contributed by atoms with Crippen molar-refractivity contribution in [2.45, 2.75) is 20.4 Å². The van der Waals surface area contributed by atoms with Gasteiger partial charge in [-0.3, -0.25) is 4.79 Å². The van der Waals surface area contributed by atoms with E-state index in [2.05, 4.69) is 9.71 Å².